The minimum absolute atomic E-state index is 0.0578. The van der Waals surface area contributed by atoms with Gasteiger partial charge in [0, 0.05) is 6.42 Å². The Hall–Kier alpha value is -1.49. The van der Waals surface area contributed by atoms with Crippen LogP contribution in [0.15, 0.2) is 18.2 Å². The molecule has 0 fully saturated rings. The standard InChI is InChI=1S/C10H8FNO2S/c11-6-1-2-7-8(5-6)15-9(12-7)3-4-10(13)14/h1-2,5H,3-4H2,(H,13,14). The molecule has 0 aliphatic rings. The molecule has 2 aromatic rings. The normalized spacial score (nSPS) is 10.7. The number of nitrogens with zero attached hydrogens (tertiary/aromatic N) is 1. The van der Waals surface area contributed by atoms with Gasteiger partial charge in [0.15, 0.2) is 0 Å². The summed E-state index contributed by atoms with van der Waals surface area (Å²) >= 11 is 1.34. The topological polar surface area (TPSA) is 50.2 Å². The number of rotatable bonds is 3. The lowest BCUT2D eigenvalue weighted by Crippen LogP contribution is -1.96. The minimum Gasteiger partial charge on any atom is -0.481 e. The molecule has 78 valence electrons. The Kier molecular flexibility index (Phi) is 2.64. The van der Waals surface area contributed by atoms with Crippen LogP contribution in [0, 0.1) is 5.82 Å². The molecule has 1 N–H and O–H groups in total. The van der Waals surface area contributed by atoms with Crippen molar-refractivity contribution in [2.24, 2.45) is 0 Å². The first kappa shape index (κ1) is 10.0. The molecule has 1 aromatic carbocycles. The van der Waals surface area contributed by atoms with E-state index in [-0.39, 0.29) is 12.2 Å². The van der Waals surface area contributed by atoms with Gasteiger partial charge in [-0.2, -0.15) is 0 Å². The SMILES string of the molecule is O=C(O)CCc1nc2ccc(F)cc2s1. The molecule has 0 bridgehead atoms. The fraction of sp³-hybridized carbons (Fsp3) is 0.200. The third kappa shape index (κ3) is 2.30. The highest BCUT2D eigenvalue weighted by atomic mass is 32.1. The zero-order valence-corrected chi connectivity index (χ0v) is 8.55. The van der Waals surface area contributed by atoms with Gasteiger partial charge in [-0.15, -0.1) is 11.3 Å². The molecule has 0 radical (unpaired) electrons. The van der Waals surface area contributed by atoms with Crippen molar-refractivity contribution in [1.29, 1.82) is 0 Å². The number of carbonyl (C=O) groups is 1. The number of hydrogen-bond donors (Lipinski definition) is 1. The summed E-state index contributed by atoms with van der Waals surface area (Å²) in [5, 5.41) is 9.24. The van der Waals surface area contributed by atoms with Crippen molar-refractivity contribution in [3.05, 3.63) is 29.0 Å². The predicted molar refractivity (Wildman–Crippen MR) is 55.5 cm³/mol. The maximum atomic E-state index is 12.8. The average Bonchev–Trinajstić information content (AvgIpc) is 2.56. The number of carboxylic acid groups (broad SMARTS) is 1. The zero-order chi connectivity index (χ0) is 10.8. The fourth-order valence-corrected chi connectivity index (χ4v) is 2.26. The Morgan fingerprint density at radius 1 is 1.53 bits per heavy atom. The van der Waals surface area contributed by atoms with Gasteiger partial charge in [-0.05, 0) is 18.2 Å². The quantitative estimate of drug-likeness (QED) is 0.872. The Balaban J connectivity index is 2.27. The van der Waals surface area contributed by atoms with Crippen LogP contribution in [0.1, 0.15) is 11.4 Å². The lowest BCUT2D eigenvalue weighted by molar-refractivity contribution is -0.136. The van der Waals surface area contributed by atoms with E-state index in [2.05, 4.69) is 4.98 Å². The molecule has 0 aliphatic heterocycles. The van der Waals surface area contributed by atoms with Gasteiger partial charge in [0.25, 0.3) is 0 Å². The first-order valence-corrected chi connectivity index (χ1v) is 5.23. The molecule has 0 unspecified atom stereocenters. The number of thiazole rings is 1. The lowest BCUT2D eigenvalue weighted by atomic mass is 10.3. The number of aryl methyl sites for hydroxylation is 1. The van der Waals surface area contributed by atoms with Gasteiger partial charge in [0.05, 0.1) is 21.6 Å². The average molecular weight is 225 g/mol. The second kappa shape index (κ2) is 3.94. The van der Waals surface area contributed by atoms with Gasteiger partial charge in [-0.25, -0.2) is 9.37 Å². The number of aromatic nitrogens is 1. The van der Waals surface area contributed by atoms with Gasteiger partial charge in [-0.3, -0.25) is 4.79 Å². The van der Waals surface area contributed by atoms with E-state index in [4.69, 9.17) is 5.11 Å². The van der Waals surface area contributed by atoms with Crippen LogP contribution in [-0.4, -0.2) is 16.1 Å². The molecule has 0 amide bonds. The summed E-state index contributed by atoms with van der Waals surface area (Å²) in [6.07, 6.45) is 0.457. The molecule has 1 aromatic heterocycles. The van der Waals surface area contributed by atoms with Crippen LogP contribution in [0.25, 0.3) is 10.2 Å². The molecule has 15 heavy (non-hydrogen) atoms. The van der Waals surface area contributed by atoms with E-state index in [9.17, 15) is 9.18 Å². The van der Waals surface area contributed by atoms with E-state index < -0.39 is 5.97 Å². The molecule has 0 saturated heterocycles. The minimum atomic E-state index is -0.847. The summed E-state index contributed by atoms with van der Waals surface area (Å²) in [6.45, 7) is 0. The Morgan fingerprint density at radius 3 is 3.07 bits per heavy atom. The molecule has 2 rings (SSSR count). The van der Waals surface area contributed by atoms with E-state index in [1.165, 1.54) is 23.5 Å². The highest BCUT2D eigenvalue weighted by molar-refractivity contribution is 7.18. The van der Waals surface area contributed by atoms with E-state index >= 15 is 0 Å². The van der Waals surface area contributed by atoms with Gasteiger partial charge >= 0.3 is 5.97 Å². The van der Waals surface area contributed by atoms with Crippen LogP contribution < -0.4 is 0 Å². The summed E-state index contributed by atoms with van der Waals surface area (Å²) in [4.78, 5) is 14.6. The number of carboxylic acids is 1. The second-order valence-electron chi connectivity index (χ2n) is 3.11. The molecule has 1 heterocycles. The Bertz CT molecular complexity index is 509. The van der Waals surface area contributed by atoms with Crippen molar-refractivity contribution in [2.45, 2.75) is 12.8 Å². The van der Waals surface area contributed by atoms with Crippen LogP contribution in [0.5, 0.6) is 0 Å². The van der Waals surface area contributed by atoms with Gasteiger partial charge in [-0.1, -0.05) is 0 Å². The van der Waals surface area contributed by atoms with Gasteiger partial charge < -0.3 is 5.11 Å². The summed E-state index contributed by atoms with van der Waals surface area (Å²) in [7, 11) is 0. The third-order valence-electron chi connectivity index (χ3n) is 1.95. The molecular weight excluding hydrogens is 217 g/mol. The summed E-state index contributed by atoms with van der Waals surface area (Å²) in [6, 6.07) is 4.37. The maximum absolute atomic E-state index is 12.8. The van der Waals surface area contributed by atoms with E-state index in [1.807, 2.05) is 0 Å². The van der Waals surface area contributed by atoms with Crippen LogP contribution in [-0.2, 0) is 11.2 Å². The van der Waals surface area contributed by atoms with Crippen molar-refractivity contribution in [3.8, 4) is 0 Å². The van der Waals surface area contributed by atoms with Crippen molar-refractivity contribution in [2.75, 3.05) is 0 Å². The van der Waals surface area contributed by atoms with Crippen LogP contribution >= 0.6 is 11.3 Å². The van der Waals surface area contributed by atoms with Gasteiger partial charge in [0.2, 0.25) is 0 Å². The summed E-state index contributed by atoms with van der Waals surface area (Å²) in [5.41, 5.74) is 0.724. The number of benzene rings is 1. The monoisotopic (exact) mass is 225 g/mol. The summed E-state index contributed by atoms with van der Waals surface area (Å²) < 4.78 is 13.6. The van der Waals surface area contributed by atoms with Crippen molar-refractivity contribution in [1.82, 2.24) is 4.98 Å². The van der Waals surface area contributed by atoms with Crippen molar-refractivity contribution >= 4 is 27.5 Å². The molecule has 5 heteroatoms. The number of aliphatic carboxylic acids is 1. The molecular formula is C10H8FNO2S. The first-order chi connectivity index (χ1) is 7.15. The first-order valence-electron chi connectivity index (χ1n) is 4.42. The summed E-state index contributed by atoms with van der Waals surface area (Å²) in [5.74, 6) is -1.14. The second-order valence-corrected chi connectivity index (χ2v) is 4.23. The van der Waals surface area contributed by atoms with E-state index in [0.29, 0.717) is 6.42 Å². The predicted octanol–water partition coefficient (Wildman–Crippen LogP) is 2.45. The van der Waals surface area contributed by atoms with Crippen molar-refractivity contribution in [3.63, 3.8) is 0 Å². The fourth-order valence-electron chi connectivity index (χ4n) is 1.27. The highest BCUT2D eigenvalue weighted by Gasteiger charge is 2.06. The molecule has 0 atom stereocenters. The molecule has 0 aliphatic carbocycles. The van der Waals surface area contributed by atoms with E-state index in [0.717, 1.165) is 15.2 Å². The largest absolute Gasteiger partial charge is 0.481 e. The number of fused-ring (bicyclic) bond motifs is 1. The van der Waals surface area contributed by atoms with E-state index in [1.54, 1.807) is 6.07 Å². The zero-order valence-electron chi connectivity index (χ0n) is 7.74. The van der Waals surface area contributed by atoms with Crippen LogP contribution in [0.4, 0.5) is 4.39 Å². The molecule has 0 spiro atoms. The molecule has 3 nitrogen and oxygen atoms in total. The molecule has 0 saturated carbocycles. The third-order valence-corrected chi connectivity index (χ3v) is 3.03. The van der Waals surface area contributed by atoms with Crippen LogP contribution in [0.2, 0.25) is 0 Å². The van der Waals surface area contributed by atoms with Crippen LogP contribution in [0.3, 0.4) is 0 Å². The lowest BCUT2D eigenvalue weighted by Gasteiger charge is -1.88. The van der Waals surface area contributed by atoms with Crippen molar-refractivity contribution < 1.29 is 14.3 Å². The number of hydrogen-bond acceptors (Lipinski definition) is 3. The highest BCUT2D eigenvalue weighted by Crippen LogP contribution is 2.23. The Morgan fingerprint density at radius 2 is 2.33 bits per heavy atom. The smallest absolute Gasteiger partial charge is 0.303 e. The Labute approximate surface area is 89.2 Å². The number of halogens is 1. The van der Waals surface area contributed by atoms with Gasteiger partial charge in [0.1, 0.15) is 5.82 Å². The maximum Gasteiger partial charge on any atom is 0.303 e.